The number of carboxylic acids is 1. The minimum Gasteiger partial charge on any atom is -0.481 e. The van der Waals surface area contributed by atoms with Crippen LogP contribution in [0.4, 0.5) is 8.78 Å². The number of fused-ring (bicyclic) bond motifs is 5. The number of hydrogen-bond acceptors (Lipinski definition) is 5. The lowest BCUT2D eigenvalue weighted by molar-refractivity contribution is -0.141. The van der Waals surface area contributed by atoms with E-state index in [-0.39, 0.29) is 28.5 Å². The van der Waals surface area contributed by atoms with Gasteiger partial charge in [0, 0.05) is 29.0 Å². The number of halogens is 2. The summed E-state index contributed by atoms with van der Waals surface area (Å²) in [6.45, 7) is 8.20. The molecule has 2 bridgehead atoms. The molecular formula is C38H44F2N4O2S2. The Bertz CT molecular complexity index is 1850. The van der Waals surface area contributed by atoms with Crippen LogP contribution in [0, 0.1) is 28.4 Å². The monoisotopic (exact) mass is 690 g/mol. The molecule has 2 heterocycles. The van der Waals surface area contributed by atoms with Gasteiger partial charge < -0.3 is 15.4 Å². The molecule has 0 spiro atoms. The molecule has 4 aromatic rings. The summed E-state index contributed by atoms with van der Waals surface area (Å²) in [6.07, 6.45) is 5.27. The summed E-state index contributed by atoms with van der Waals surface area (Å²) in [5.74, 6) is -0.181. The molecule has 0 aliphatic carbocycles. The summed E-state index contributed by atoms with van der Waals surface area (Å²) in [6, 6.07) is 16.0. The first-order chi connectivity index (χ1) is 22.8. The van der Waals surface area contributed by atoms with Crippen LogP contribution in [-0.4, -0.2) is 46.3 Å². The molecule has 0 radical (unpaired) electrons. The largest absolute Gasteiger partial charge is 0.481 e. The third-order valence-corrected chi connectivity index (χ3v) is 11.9. The summed E-state index contributed by atoms with van der Waals surface area (Å²) in [4.78, 5) is 20.7. The number of amidine groups is 2. The van der Waals surface area contributed by atoms with Crippen molar-refractivity contribution in [2.45, 2.75) is 75.0 Å². The molecule has 2 atom stereocenters. The maximum Gasteiger partial charge on any atom is 0.306 e. The summed E-state index contributed by atoms with van der Waals surface area (Å²) < 4.78 is 31.2. The van der Waals surface area contributed by atoms with Crippen LogP contribution in [0.25, 0.3) is 10.9 Å². The number of thioether (sulfide) groups is 1. The van der Waals surface area contributed by atoms with Crippen molar-refractivity contribution in [2.24, 2.45) is 16.3 Å². The van der Waals surface area contributed by atoms with Crippen molar-refractivity contribution in [2.75, 3.05) is 18.6 Å². The minimum absolute atomic E-state index is 0.0148. The van der Waals surface area contributed by atoms with E-state index < -0.39 is 23.1 Å². The van der Waals surface area contributed by atoms with E-state index >= 15 is 8.78 Å². The normalized spacial score (nSPS) is 21.0. The Morgan fingerprint density at radius 2 is 1.90 bits per heavy atom. The second kappa shape index (κ2) is 14.9. The molecule has 1 aromatic heterocycles. The van der Waals surface area contributed by atoms with Gasteiger partial charge >= 0.3 is 5.97 Å². The van der Waals surface area contributed by atoms with E-state index in [0.717, 1.165) is 51.9 Å². The topological polar surface area (TPSA) is 101 Å². The number of hydrogen-bond donors (Lipinski definition) is 4. The van der Waals surface area contributed by atoms with Gasteiger partial charge in [0.05, 0.1) is 21.8 Å². The van der Waals surface area contributed by atoms with Crippen molar-refractivity contribution >= 4 is 52.1 Å². The highest BCUT2D eigenvalue weighted by Crippen LogP contribution is 2.40. The molecule has 6 nitrogen and oxygen atoms in total. The number of carbonyl (C=O) groups is 1. The third kappa shape index (κ3) is 7.97. The van der Waals surface area contributed by atoms with Gasteiger partial charge in [-0.25, -0.2) is 13.8 Å². The zero-order valence-electron chi connectivity index (χ0n) is 28.2. The molecule has 1 aliphatic heterocycles. The summed E-state index contributed by atoms with van der Waals surface area (Å²) in [5, 5.41) is 22.9. The second-order valence-electron chi connectivity index (χ2n) is 13.7. The average Bonchev–Trinajstić information content (AvgIpc) is 3.51. The van der Waals surface area contributed by atoms with Crippen LogP contribution in [-0.2, 0) is 23.1 Å². The van der Waals surface area contributed by atoms with Crippen LogP contribution in [0.15, 0.2) is 75.6 Å². The number of aryl methyl sites for hydroxylation is 1. The SMILES string of the molecule is CN/C1=N\C(=N)C(C)(c2cccc(CC(C)C(=O)O)c2)CCCC(C)(C)CSCCc2c(c(F)cc3[nH]ccc23)Sc2ccc(F)c1c2. The molecule has 1 aliphatic rings. The second-order valence-corrected chi connectivity index (χ2v) is 15.9. The standard InChI is InChI=1S/C38H44F2N4O2S2/c1-23(35(45)46)18-24-8-6-9-25(19-24)38(4)15-7-14-37(2,3)22-47-17-13-28-27-12-16-43-32(27)21-31(40)33(28)48-26-10-11-30(39)29(20-26)34(42-5)44-36(38)41/h6,8-12,16,19-21,23,43H,7,13-15,17-18,22H2,1-5H3,(H,45,46)(H2,41,42,44). The Hall–Kier alpha value is -3.63. The van der Waals surface area contributed by atoms with Crippen molar-refractivity contribution in [1.82, 2.24) is 10.3 Å². The molecule has 10 heteroatoms. The molecular weight excluding hydrogens is 647 g/mol. The van der Waals surface area contributed by atoms with Gasteiger partial charge in [0.2, 0.25) is 0 Å². The van der Waals surface area contributed by atoms with Gasteiger partial charge in [-0.05, 0) is 96.5 Å². The molecule has 2 unspecified atom stereocenters. The van der Waals surface area contributed by atoms with E-state index in [2.05, 4.69) is 24.1 Å². The van der Waals surface area contributed by atoms with Crippen molar-refractivity contribution in [3.05, 3.63) is 94.7 Å². The third-order valence-electron chi connectivity index (χ3n) is 9.31. The number of benzene rings is 3. The van der Waals surface area contributed by atoms with Gasteiger partial charge in [-0.3, -0.25) is 10.2 Å². The van der Waals surface area contributed by atoms with Gasteiger partial charge in [0.15, 0.2) is 0 Å². The molecule has 48 heavy (non-hydrogen) atoms. The van der Waals surface area contributed by atoms with Crippen LogP contribution in [0.2, 0.25) is 0 Å². The highest BCUT2D eigenvalue weighted by atomic mass is 32.2. The Labute approximate surface area is 290 Å². The van der Waals surface area contributed by atoms with Crippen LogP contribution in [0.5, 0.6) is 0 Å². The predicted octanol–water partition coefficient (Wildman–Crippen LogP) is 9.25. The van der Waals surface area contributed by atoms with Crippen molar-refractivity contribution in [1.29, 1.82) is 5.41 Å². The first kappa shape index (κ1) is 35.7. The number of aliphatic carboxylic acids is 1. The first-order valence-electron chi connectivity index (χ1n) is 16.3. The van der Waals surface area contributed by atoms with Crippen molar-refractivity contribution in [3.63, 3.8) is 0 Å². The van der Waals surface area contributed by atoms with E-state index in [1.165, 1.54) is 23.9 Å². The fourth-order valence-corrected chi connectivity index (χ4v) is 8.56. The number of aliphatic imine (C=N–C) groups is 1. The maximum absolute atomic E-state index is 15.7. The Morgan fingerprint density at radius 1 is 1.10 bits per heavy atom. The average molecular weight is 691 g/mol. The molecule has 4 N–H and O–H groups in total. The quantitative estimate of drug-likeness (QED) is 0.171. The minimum atomic E-state index is -0.856. The van der Waals surface area contributed by atoms with E-state index in [9.17, 15) is 15.3 Å². The van der Waals surface area contributed by atoms with E-state index in [1.54, 1.807) is 26.1 Å². The fraction of sp³-hybridized carbons (Fsp3) is 0.395. The molecule has 3 aromatic carbocycles. The van der Waals surface area contributed by atoms with Crippen LogP contribution in [0.1, 0.15) is 69.2 Å². The predicted molar refractivity (Wildman–Crippen MR) is 195 cm³/mol. The number of aromatic nitrogens is 1. The number of nitrogens with one attached hydrogen (secondary N) is 3. The number of nitrogens with zero attached hydrogens (tertiary/aromatic N) is 1. The van der Waals surface area contributed by atoms with Gasteiger partial charge in [0.1, 0.15) is 23.3 Å². The molecule has 0 fully saturated rings. The Kier molecular flexibility index (Phi) is 11.0. The van der Waals surface area contributed by atoms with Crippen LogP contribution >= 0.6 is 23.5 Å². The lowest BCUT2D eigenvalue weighted by atomic mass is 9.74. The summed E-state index contributed by atoms with van der Waals surface area (Å²) in [7, 11) is 1.65. The van der Waals surface area contributed by atoms with Gasteiger partial charge in [-0.1, -0.05) is 63.2 Å². The summed E-state index contributed by atoms with van der Waals surface area (Å²) >= 11 is 3.14. The molecule has 5 rings (SSSR count). The number of aromatic amines is 1. The number of carboxylic acid groups (broad SMARTS) is 1. The fourth-order valence-electron chi connectivity index (χ4n) is 6.33. The van der Waals surface area contributed by atoms with Crippen molar-refractivity contribution in [3.8, 4) is 0 Å². The lowest BCUT2D eigenvalue weighted by Gasteiger charge is -2.32. The smallest absolute Gasteiger partial charge is 0.306 e. The number of H-pyrrole nitrogens is 1. The van der Waals surface area contributed by atoms with Crippen molar-refractivity contribution < 1.29 is 18.7 Å². The van der Waals surface area contributed by atoms with Gasteiger partial charge in [-0.2, -0.15) is 11.8 Å². The Balaban J connectivity index is 1.60. The summed E-state index contributed by atoms with van der Waals surface area (Å²) in [5.41, 5.74) is 2.83. The number of rotatable bonds is 4. The molecule has 254 valence electrons. The highest BCUT2D eigenvalue weighted by Gasteiger charge is 2.34. The molecule has 0 saturated carbocycles. The van der Waals surface area contributed by atoms with Gasteiger partial charge in [-0.15, -0.1) is 0 Å². The molecule has 0 amide bonds. The first-order valence-corrected chi connectivity index (χ1v) is 18.3. The zero-order valence-corrected chi connectivity index (χ0v) is 29.8. The van der Waals surface area contributed by atoms with E-state index in [1.807, 2.05) is 55.2 Å². The Morgan fingerprint density at radius 3 is 2.65 bits per heavy atom. The van der Waals surface area contributed by atoms with Crippen LogP contribution < -0.4 is 5.32 Å². The van der Waals surface area contributed by atoms with Gasteiger partial charge in [0.25, 0.3) is 0 Å². The lowest BCUT2D eigenvalue weighted by Crippen LogP contribution is -2.34. The van der Waals surface area contributed by atoms with E-state index in [4.69, 9.17) is 4.99 Å². The highest BCUT2D eigenvalue weighted by molar-refractivity contribution is 7.99. The molecule has 0 saturated heterocycles. The van der Waals surface area contributed by atoms with E-state index in [0.29, 0.717) is 29.1 Å². The maximum atomic E-state index is 15.7. The zero-order chi connectivity index (χ0) is 34.6. The van der Waals surface area contributed by atoms with Crippen LogP contribution in [0.3, 0.4) is 0 Å².